The molecule has 2 rings (SSSR count). The Labute approximate surface area is 132 Å². The molecule has 2 heterocycles. The van der Waals surface area contributed by atoms with E-state index in [-0.39, 0.29) is 10.8 Å². The first-order chi connectivity index (χ1) is 9.94. The Kier molecular flexibility index (Phi) is 4.79. The Balaban J connectivity index is 2.36. The Morgan fingerprint density at radius 1 is 1.29 bits per heavy atom. The Hall–Kier alpha value is -1.67. The van der Waals surface area contributed by atoms with Crippen LogP contribution in [0.3, 0.4) is 0 Å². The third kappa shape index (κ3) is 3.70. The van der Waals surface area contributed by atoms with Gasteiger partial charge in [0.1, 0.15) is 5.82 Å². The Bertz CT molecular complexity index is 750. The fourth-order valence-electron chi connectivity index (χ4n) is 1.72. The molecule has 0 unspecified atom stereocenters. The SMILES string of the molecule is CCNc1cccnc1S(=O)(=O)Nc1ccc(Br)c(C)n1. The van der Waals surface area contributed by atoms with Gasteiger partial charge in [-0.2, -0.15) is 8.42 Å². The van der Waals surface area contributed by atoms with E-state index < -0.39 is 10.0 Å². The van der Waals surface area contributed by atoms with Crippen LogP contribution in [0.4, 0.5) is 11.5 Å². The number of anilines is 2. The van der Waals surface area contributed by atoms with Crippen molar-refractivity contribution in [2.75, 3.05) is 16.6 Å². The molecule has 8 heteroatoms. The van der Waals surface area contributed by atoms with E-state index in [1.54, 1.807) is 31.2 Å². The number of aryl methyl sites for hydroxylation is 1. The molecule has 2 N–H and O–H groups in total. The lowest BCUT2D eigenvalue weighted by molar-refractivity contribution is 0.597. The number of sulfonamides is 1. The van der Waals surface area contributed by atoms with Gasteiger partial charge in [0.05, 0.1) is 11.4 Å². The fraction of sp³-hybridized carbons (Fsp3) is 0.231. The summed E-state index contributed by atoms with van der Waals surface area (Å²) in [6.07, 6.45) is 1.44. The molecule has 0 saturated carbocycles. The second kappa shape index (κ2) is 6.40. The summed E-state index contributed by atoms with van der Waals surface area (Å²) in [5, 5.41) is 2.93. The minimum absolute atomic E-state index is 0.0470. The molecule has 2 aromatic heterocycles. The fourth-order valence-corrected chi connectivity index (χ4v) is 3.05. The van der Waals surface area contributed by atoms with Gasteiger partial charge in [0, 0.05) is 17.2 Å². The van der Waals surface area contributed by atoms with Gasteiger partial charge in [-0.3, -0.25) is 4.72 Å². The van der Waals surface area contributed by atoms with Gasteiger partial charge in [0.25, 0.3) is 10.0 Å². The smallest absolute Gasteiger partial charge is 0.282 e. The molecular formula is C13H15BrN4O2S. The van der Waals surface area contributed by atoms with Gasteiger partial charge in [0.2, 0.25) is 0 Å². The van der Waals surface area contributed by atoms with E-state index in [9.17, 15) is 8.42 Å². The number of pyridine rings is 2. The number of aromatic nitrogens is 2. The predicted molar refractivity (Wildman–Crippen MR) is 85.9 cm³/mol. The number of halogens is 1. The molecule has 0 aliphatic rings. The van der Waals surface area contributed by atoms with E-state index in [1.165, 1.54) is 6.20 Å². The summed E-state index contributed by atoms with van der Waals surface area (Å²) in [6, 6.07) is 6.68. The lowest BCUT2D eigenvalue weighted by atomic mass is 10.4. The maximum atomic E-state index is 12.4. The highest BCUT2D eigenvalue weighted by molar-refractivity contribution is 9.10. The van der Waals surface area contributed by atoms with Crippen molar-refractivity contribution < 1.29 is 8.42 Å². The maximum Gasteiger partial charge on any atom is 0.282 e. The second-order valence-corrected chi connectivity index (χ2v) is 6.71. The number of hydrogen-bond acceptors (Lipinski definition) is 5. The number of nitrogens with one attached hydrogen (secondary N) is 2. The molecular weight excluding hydrogens is 356 g/mol. The second-order valence-electron chi connectivity index (χ2n) is 4.26. The minimum atomic E-state index is -3.80. The standard InChI is InChI=1S/C13H15BrN4O2S/c1-3-15-11-5-4-8-16-13(11)21(19,20)18-12-7-6-10(14)9(2)17-12/h4-8,15H,3H2,1-2H3,(H,17,18). The van der Waals surface area contributed by atoms with Crippen LogP contribution in [0.15, 0.2) is 40.0 Å². The first-order valence-electron chi connectivity index (χ1n) is 6.29. The molecule has 0 fully saturated rings. The number of rotatable bonds is 5. The zero-order valence-electron chi connectivity index (χ0n) is 11.6. The normalized spacial score (nSPS) is 11.2. The van der Waals surface area contributed by atoms with E-state index in [1.807, 2.05) is 6.92 Å². The average Bonchev–Trinajstić information content (AvgIpc) is 2.43. The van der Waals surface area contributed by atoms with E-state index in [4.69, 9.17) is 0 Å². The summed E-state index contributed by atoms with van der Waals surface area (Å²) >= 11 is 3.32. The highest BCUT2D eigenvalue weighted by Crippen LogP contribution is 2.22. The molecule has 6 nitrogen and oxygen atoms in total. The van der Waals surface area contributed by atoms with Crippen molar-refractivity contribution in [2.45, 2.75) is 18.9 Å². The maximum absolute atomic E-state index is 12.4. The van der Waals surface area contributed by atoms with Crippen LogP contribution in [0.2, 0.25) is 0 Å². The predicted octanol–water partition coefficient (Wildman–Crippen LogP) is 2.78. The van der Waals surface area contributed by atoms with Crippen LogP contribution in [0.5, 0.6) is 0 Å². The summed E-state index contributed by atoms with van der Waals surface area (Å²) in [6.45, 7) is 4.27. The van der Waals surface area contributed by atoms with Gasteiger partial charge < -0.3 is 5.32 Å². The lowest BCUT2D eigenvalue weighted by Crippen LogP contribution is -2.17. The van der Waals surface area contributed by atoms with Crippen molar-refractivity contribution in [3.63, 3.8) is 0 Å². The summed E-state index contributed by atoms with van der Waals surface area (Å²) in [4.78, 5) is 8.13. The largest absolute Gasteiger partial charge is 0.383 e. The molecule has 0 aliphatic heterocycles. The molecule has 0 spiro atoms. The third-order valence-corrected chi connectivity index (χ3v) is 4.80. The molecule has 0 atom stereocenters. The first kappa shape index (κ1) is 15.7. The zero-order valence-corrected chi connectivity index (χ0v) is 14.0. The zero-order chi connectivity index (χ0) is 15.5. The third-order valence-electron chi connectivity index (χ3n) is 2.65. The van der Waals surface area contributed by atoms with Crippen molar-refractivity contribution >= 4 is 37.5 Å². The molecule has 0 aromatic carbocycles. The monoisotopic (exact) mass is 370 g/mol. The van der Waals surface area contributed by atoms with Crippen molar-refractivity contribution in [3.05, 3.63) is 40.6 Å². The minimum Gasteiger partial charge on any atom is -0.383 e. The van der Waals surface area contributed by atoms with E-state index in [2.05, 4.69) is 35.9 Å². The van der Waals surface area contributed by atoms with E-state index >= 15 is 0 Å². The van der Waals surface area contributed by atoms with Crippen LogP contribution in [0.25, 0.3) is 0 Å². The van der Waals surface area contributed by atoms with Gasteiger partial charge in [-0.15, -0.1) is 0 Å². The molecule has 0 saturated heterocycles. The highest BCUT2D eigenvalue weighted by Gasteiger charge is 2.20. The Morgan fingerprint density at radius 3 is 2.71 bits per heavy atom. The van der Waals surface area contributed by atoms with Gasteiger partial charge in [-0.1, -0.05) is 0 Å². The molecule has 112 valence electrons. The molecule has 2 aromatic rings. The topological polar surface area (TPSA) is 84.0 Å². The number of hydrogen-bond donors (Lipinski definition) is 2. The molecule has 0 radical (unpaired) electrons. The number of nitrogens with zero attached hydrogens (tertiary/aromatic N) is 2. The quantitative estimate of drug-likeness (QED) is 0.845. The molecule has 0 aliphatic carbocycles. The molecule has 0 amide bonds. The van der Waals surface area contributed by atoms with Crippen LogP contribution in [-0.4, -0.2) is 24.9 Å². The lowest BCUT2D eigenvalue weighted by Gasteiger charge is -2.11. The first-order valence-corrected chi connectivity index (χ1v) is 8.56. The molecule has 21 heavy (non-hydrogen) atoms. The highest BCUT2D eigenvalue weighted by atomic mass is 79.9. The van der Waals surface area contributed by atoms with E-state index in [0.29, 0.717) is 17.9 Å². The Morgan fingerprint density at radius 2 is 2.05 bits per heavy atom. The van der Waals surface area contributed by atoms with E-state index in [0.717, 1.165) is 4.47 Å². The van der Waals surface area contributed by atoms with Crippen LogP contribution in [0, 0.1) is 6.92 Å². The average molecular weight is 371 g/mol. The van der Waals surface area contributed by atoms with Crippen LogP contribution in [0.1, 0.15) is 12.6 Å². The van der Waals surface area contributed by atoms with Crippen molar-refractivity contribution in [2.24, 2.45) is 0 Å². The van der Waals surface area contributed by atoms with Gasteiger partial charge in [0.15, 0.2) is 5.03 Å². The van der Waals surface area contributed by atoms with Crippen molar-refractivity contribution in [1.29, 1.82) is 0 Å². The summed E-state index contributed by atoms with van der Waals surface area (Å²) < 4.78 is 28.1. The van der Waals surface area contributed by atoms with Crippen LogP contribution >= 0.6 is 15.9 Å². The molecule has 0 bridgehead atoms. The van der Waals surface area contributed by atoms with Crippen molar-refractivity contribution in [3.8, 4) is 0 Å². The van der Waals surface area contributed by atoms with Crippen molar-refractivity contribution in [1.82, 2.24) is 9.97 Å². The van der Waals surface area contributed by atoms with Gasteiger partial charge in [-0.05, 0) is 54.0 Å². The van der Waals surface area contributed by atoms with Gasteiger partial charge >= 0.3 is 0 Å². The summed E-state index contributed by atoms with van der Waals surface area (Å²) in [7, 11) is -3.80. The van der Waals surface area contributed by atoms with Crippen LogP contribution < -0.4 is 10.0 Å². The van der Waals surface area contributed by atoms with Gasteiger partial charge in [-0.25, -0.2) is 9.97 Å². The van der Waals surface area contributed by atoms with Crippen LogP contribution in [-0.2, 0) is 10.0 Å². The summed E-state index contributed by atoms with van der Waals surface area (Å²) in [5.74, 6) is 0.254. The summed E-state index contributed by atoms with van der Waals surface area (Å²) in [5.41, 5.74) is 1.16.